The maximum atomic E-state index is 11.4. The van der Waals surface area contributed by atoms with Gasteiger partial charge in [-0.05, 0) is 31.5 Å². The van der Waals surface area contributed by atoms with Crippen LogP contribution in [-0.2, 0) is 14.3 Å². The van der Waals surface area contributed by atoms with Crippen LogP contribution in [0.2, 0.25) is 0 Å². The number of nitrogen functional groups attached to an aromatic ring is 1. The molecule has 0 aliphatic heterocycles. The predicted molar refractivity (Wildman–Crippen MR) is 66.5 cm³/mol. The van der Waals surface area contributed by atoms with Crippen molar-refractivity contribution in [3.63, 3.8) is 0 Å². The third kappa shape index (κ3) is 4.44. The number of carbonyl (C=O) groups excluding carboxylic acids is 1. The van der Waals surface area contributed by atoms with Crippen molar-refractivity contribution >= 4 is 11.7 Å². The van der Waals surface area contributed by atoms with E-state index in [0.29, 0.717) is 18.9 Å². The van der Waals surface area contributed by atoms with Crippen molar-refractivity contribution in [2.45, 2.75) is 26.4 Å². The second-order valence-corrected chi connectivity index (χ2v) is 3.62. The molecule has 1 atom stereocenters. The Morgan fingerprint density at radius 1 is 1.24 bits per heavy atom. The first-order valence-corrected chi connectivity index (χ1v) is 5.80. The van der Waals surface area contributed by atoms with Crippen LogP contribution in [0.15, 0.2) is 24.3 Å². The largest absolute Gasteiger partial charge is 0.466 e. The van der Waals surface area contributed by atoms with E-state index in [9.17, 15) is 4.79 Å². The summed E-state index contributed by atoms with van der Waals surface area (Å²) in [5, 5.41) is 0. The summed E-state index contributed by atoms with van der Waals surface area (Å²) in [5.74, 6) is -0.247. The van der Waals surface area contributed by atoms with E-state index in [0.717, 1.165) is 5.56 Å². The summed E-state index contributed by atoms with van der Waals surface area (Å²) in [7, 11) is 0. The van der Waals surface area contributed by atoms with Gasteiger partial charge in [0, 0.05) is 12.3 Å². The van der Waals surface area contributed by atoms with Crippen molar-refractivity contribution in [2.24, 2.45) is 0 Å². The normalized spacial score (nSPS) is 12.1. The minimum absolute atomic E-state index is 0.228. The zero-order chi connectivity index (χ0) is 12.7. The number of hydrogen-bond acceptors (Lipinski definition) is 4. The molecule has 0 spiro atoms. The van der Waals surface area contributed by atoms with Crippen molar-refractivity contribution in [1.82, 2.24) is 0 Å². The highest BCUT2D eigenvalue weighted by Gasteiger charge is 2.16. The first kappa shape index (κ1) is 13.5. The molecule has 0 aliphatic rings. The molecule has 0 fully saturated rings. The Morgan fingerprint density at radius 2 is 1.88 bits per heavy atom. The maximum absolute atomic E-state index is 11.4. The summed E-state index contributed by atoms with van der Waals surface area (Å²) in [6.07, 6.45) is -0.0364. The number of hydrogen-bond donors (Lipinski definition) is 1. The highest BCUT2D eigenvalue weighted by atomic mass is 16.5. The Morgan fingerprint density at radius 3 is 2.41 bits per heavy atom. The lowest BCUT2D eigenvalue weighted by Gasteiger charge is -2.16. The van der Waals surface area contributed by atoms with Crippen molar-refractivity contribution in [3.05, 3.63) is 29.8 Å². The Hall–Kier alpha value is -1.55. The van der Waals surface area contributed by atoms with Crippen LogP contribution in [0.25, 0.3) is 0 Å². The van der Waals surface area contributed by atoms with Gasteiger partial charge >= 0.3 is 5.97 Å². The first-order valence-electron chi connectivity index (χ1n) is 5.80. The van der Waals surface area contributed by atoms with Gasteiger partial charge in [0.1, 0.15) is 0 Å². The number of benzene rings is 1. The second-order valence-electron chi connectivity index (χ2n) is 3.62. The summed E-state index contributed by atoms with van der Waals surface area (Å²) in [4.78, 5) is 11.4. The van der Waals surface area contributed by atoms with Gasteiger partial charge in [0.15, 0.2) is 0 Å². The first-order chi connectivity index (χ1) is 8.17. The van der Waals surface area contributed by atoms with E-state index in [4.69, 9.17) is 15.2 Å². The van der Waals surface area contributed by atoms with Crippen LogP contribution in [0.3, 0.4) is 0 Å². The van der Waals surface area contributed by atoms with Crippen LogP contribution < -0.4 is 5.73 Å². The average Bonchev–Trinajstić information content (AvgIpc) is 2.30. The van der Waals surface area contributed by atoms with Gasteiger partial charge in [-0.15, -0.1) is 0 Å². The molecule has 1 rings (SSSR count). The molecular weight excluding hydrogens is 218 g/mol. The third-order valence-corrected chi connectivity index (χ3v) is 2.33. The van der Waals surface area contributed by atoms with E-state index in [1.807, 2.05) is 19.1 Å². The fourth-order valence-corrected chi connectivity index (χ4v) is 1.56. The van der Waals surface area contributed by atoms with Crippen molar-refractivity contribution in [1.29, 1.82) is 0 Å². The lowest BCUT2D eigenvalue weighted by molar-refractivity contribution is -0.146. The fourth-order valence-electron chi connectivity index (χ4n) is 1.56. The monoisotopic (exact) mass is 237 g/mol. The van der Waals surface area contributed by atoms with Crippen LogP contribution in [0.5, 0.6) is 0 Å². The molecule has 1 aromatic rings. The topological polar surface area (TPSA) is 61.5 Å². The summed E-state index contributed by atoms with van der Waals surface area (Å²) in [6.45, 7) is 4.63. The van der Waals surface area contributed by atoms with E-state index in [-0.39, 0.29) is 18.5 Å². The van der Waals surface area contributed by atoms with Crippen LogP contribution in [-0.4, -0.2) is 19.2 Å². The van der Waals surface area contributed by atoms with E-state index >= 15 is 0 Å². The van der Waals surface area contributed by atoms with Gasteiger partial charge in [-0.1, -0.05) is 12.1 Å². The summed E-state index contributed by atoms with van der Waals surface area (Å²) in [6, 6.07) is 7.34. The van der Waals surface area contributed by atoms with Crippen LogP contribution in [0, 0.1) is 0 Å². The standard InChI is InChI=1S/C13H19NO3/c1-3-16-12(9-13(15)17-4-2)10-5-7-11(14)8-6-10/h5-8,12H,3-4,9,14H2,1-2H3/t12-/m1/s1. The third-order valence-electron chi connectivity index (χ3n) is 2.33. The SMILES string of the molecule is CCOC(=O)C[C@@H](OCC)c1ccc(N)cc1. The molecule has 4 nitrogen and oxygen atoms in total. The molecule has 0 saturated carbocycles. The molecule has 94 valence electrons. The molecule has 4 heteroatoms. The lowest BCUT2D eigenvalue weighted by atomic mass is 10.1. The number of rotatable bonds is 6. The Kier molecular flexibility index (Phi) is 5.49. The molecule has 0 aromatic heterocycles. The molecule has 0 unspecified atom stereocenters. The van der Waals surface area contributed by atoms with Gasteiger partial charge in [0.2, 0.25) is 0 Å². The molecule has 2 N–H and O–H groups in total. The summed E-state index contributed by atoms with van der Waals surface area (Å²) < 4.78 is 10.5. The van der Waals surface area contributed by atoms with Crippen LogP contribution >= 0.6 is 0 Å². The van der Waals surface area contributed by atoms with Crippen molar-refractivity contribution in [3.8, 4) is 0 Å². The smallest absolute Gasteiger partial charge is 0.308 e. The zero-order valence-electron chi connectivity index (χ0n) is 10.3. The van der Waals surface area contributed by atoms with Gasteiger partial charge in [0.05, 0.1) is 19.1 Å². The van der Waals surface area contributed by atoms with E-state index in [1.54, 1.807) is 19.1 Å². The molecule has 0 radical (unpaired) electrons. The molecule has 1 aromatic carbocycles. The van der Waals surface area contributed by atoms with Gasteiger partial charge in [-0.25, -0.2) is 0 Å². The summed E-state index contributed by atoms with van der Waals surface area (Å²) >= 11 is 0. The van der Waals surface area contributed by atoms with Crippen LogP contribution in [0.4, 0.5) is 5.69 Å². The molecule has 0 amide bonds. The van der Waals surface area contributed by atoms with E-state index < -0.39 is 0 Å². The quantitative estimate of drug-likeness (QED) is 0.609. The zero-order valence-corrected chi connectivity index (χ0v) is 10.3. The van der Waals surface area contributed by atoms with Gasteiger partial charge < -0.3 is 15.2 Å². The van der Waals surface area contributed by atoms with Crippen LogP contribution in [0.1, 0.15) is 31.9 Å². The highest BCUT2D eigenvalue weighted by Crippen LogP contribution is 2.22. The van der Waals surface area contributed by atoms with Gasteiger partial charge in [0.25, 0.3) is 0 Å². The Bertz CT molecular complexity index is 348. The summed E-state index contributed by atoms with van der Waals surface area (Å²) in [5.41, 5.74) is 7.25. The molecule has 0 bridgehead atoms. The van der Waals surface area contributed by atoms with Gasteiger partial charge in [-0.3, -0.25) is 4.79 Å². The molecule has 0 saturated heterocycles. The van der Waals surface area contributed by atoms with E-state index in [1.165, 1.54) is 0 Å². The highest BCUT2D eigenvalue weighted by molar-refractivity contribution is 5.70. The van der Waals surface area contributed by atoms with E-state index in [2.05, 4.69) is 0 Å². The number of carbonyl (C=O) groups is 1. The Labute approximate surface area is 102 Å². The molecular formula is C13H19NO3. The van der Waals surface area contributed by atoms with Gasteiger partial charge in [-0.2, -0.15) is 0 Å². The Balaban J connectivity index is 2.71. The fraction of sp³-hybridized carbons (Fsp3) is 0.462. The number of ether oxygens (including phenoxy) is 2. The number of esters is 1. The molecule has 17 heavy (non-hydrogen) atoms. The molecule has 0 heterocycles. The maximum Gasteiger partial charge on any atom is 0.308 e. The van der Waals surface area contributed by atoms with Crippen molar-refractivity contribution in [2.75, 3.05) is 18.9 Å². The minimum atomic E-state index is -0.264. The predicted octanol–water partition coefficient (Wildman–Crippen LogP) is 2.30. The van der Waals surface area contributed by atoms with Crippen molar-refractivity contribution < 1.29 is 14.3 Å². The number of nitrogens with two attached hydrogens (primary N) is 1. The lowest BCUT2D eigenvalue weighted by Crippen LogP contribution is -2.13. The molecule has 0 aliphatic carbocycles. The second kappa shape index (κ2) is 6.91. The minimum Gasteiger partial charge on any atom is -0.466 e. The number of anilines is 1. The average molecular weight is 237 g/mol.